The number of nitrogen functional groups attached to an aromatic ring is 1. The summed E-state index contributed by atoms with van der Waals surface area (Å²) < 4.78 is 11.5. The number of rotatable bonds is 4. The van der Waals surface area contributed by atoms with Crippen molar-refractivity contribution in [1.29, 1.82) is 0 Å². The van der Waals surface area contributed by atoms with Crippen molar-refractivity contribution in [2.75, 3.05) is 12.8 Å². The van der Waals surface area contributed by atoms with Crippen LogP contribution in [0.25, 0.3) is 0 Å². The molecule has 2 saturated carbocycles. The summed E-state index contributed by atoms with van der Waals surface area (Å²) in [4.78, 5) is 0. The van der Waals surface area contributed by atoms with Crippen LogP contribution in [0.2, 0.25) is 0 Å². The molecule has 2 N–H and O–H groups in total. The lowest BCUT2D eigenvalue weighted by atomic mass is 9.70. The monoisotopic (exact) mass is 289 g/mol. The maximum atomic E-state index is 6.29. The van der Waals surface area contributed by atoms with Gasteiger partial charge in [0.1, 0.15) is 5.75 Å². The molecule has 2 aliphatic carbocycles. The largest absolute Gasteiger partial charge is 0.495 e. The lowest BCUT2D eigenvalue weighted by molar-refractivity contribution is -0.0550. The molecule has 21 heavy (non-hydrogen) atoms. The van der Waals surface area contributed by atoms with E-state index in [1.54, 1.807) is 7.11 Å². The summed E-state index contributed by atoms with van der Waals surface area (Å²) in [7, 11) is 1.64. The Morgan fingerprint density at radius 2 is 2.05 bits per heavy atom. The highest BCUT2D eigenvalue weighted by Gasteiger charge is 2.61. The molecular weight excluding hydrogens is 262 g/mol. The average molecular weight is 289 g/mol. The van der Waals surface area contributed by atoms with E-state index >= 15 is 0 Å². The van der Waals surface area contributed by atoms with Gasteiger partial charge in [-0.05, 0) is 53.7 Å². The molecule has 0 radical (unpaired) electrons. The van der Waals surface area contributed by atoms with Gasteiger partial charge in [-0.25, -0.2) is 0 Å². The van der Waals surface area contributed by atoms with Crippen LogP contribution in [-0.2, 0) is 11.3 Å². The summed E-state index contributed by atoms with van der Waals surface area (Å²) in [6.45, 7) is 7.88. The summed E-state index contributed by atoms with van der Waals surface area (Å²) in [5, 5.41) is 0. The van der Waals surface area contributed by atoms with Crippen LogP contribution in [0, 0.1) is 16.7 Å². The van der Waals surface area contributed by atoms with Crippen LogP contribution in [0.4, 0.5) is 5.69 Å². The van der Waals surface area contributed by atoms with Crippen molar-refractivity contribution in [2.24, 2.45) is 16.7 Å². The summed E-state index contributed by atoms with van der Waals surface area (Å²) in [5.74, 6) is 1.54. The first-order valence-electron chi connectivity index (χ1n) is 7.92. The molecule has 3 atom stereocenters. The Morgan fingerprint density at radius 1 is 1.29 bits per heavy atom. The van der Waals surface area contributed by atoms with Crippen molar-refractivity contribution >= 4 is 5.69 Å². The molecule has 2 bridgehead atoms. The van der Waals surface area contributed by atoms with Crippen LogP contribution in [0.3, 0.4) is 0 Å². The molecule has 1 aromatic rings. The molecule has 0 aliphatic heterocycles. The van der Waals surface area contributed by atoms with Gasteiger partial charge in [-0.15, -0.1) is 0 Å². The molecule has 3 nitrogen and oxygen atoms in total. The average Bonchev–Trinajstić information content (AvgIpc) is 2.78. The maximum Gasteiger partial charge on any atom is 0.141 e. The molecule has 0 spiro atoms. The van der Waals surface area contributed by atoms with Gasteiger partial charge >= 0.3 is 0 Å². The third-order valence-corrected chi connectivity index (χ3v) is 6.46. The predicted molar refractivity (Wildman–Crippen MR) is 85.2 cm³/mol. The van der Waals surface area contributed by atoms with Crippen molar-refractivity contribution in [3.05, 3.63) is 23.8 Å². The summed E-state index contributed by atoms with van der Waals surface area (Å²) >= 11 is 0. The van der Waals surface area contributed by atoms with Crippen molar-refractivity contribution in [2.45, 2.75) is 52.7 Å². The fourth-order valence-electron chi connectivity index (χ4n) is 4.45. The van der Waals surface area contributed by atoms with E-state index < -0.39 is 0 Å². The highest BCUT2D eigenvalue weighted by Crippen LogP contribution is 2.66. The van der Waals surface area contributed by atoms with E-state index in [0.29, 0.717) is 29.2 Å². The van der Waals surface area contributed by atoms with E-state index in [2.05, 4.69) is 20.8 Å². The molecule has 3 heteroatoms. The lowest BCUT2D eigenvalue weighted by Crippen LogP contribution is -2.37. The number of benzene rings is 1. The molecule has 0 aromatic heterocycles. The molecule has 0 amide bonds. The van der Waals surface area contributed by atoms with Gasteiger partial charge in [-0.3, -0.25) is 0 Å². The second kappa shape index (κ2) is 4.91. The number of fused-ring (bicyclic) bond motifs is 2. The first-order valence-corrected chi connectivity index (χ1v) is 7.92. The highest BCUT2D eigenvalue weighted by molar-refractivity contribution is 5.54. The smallest absolute Gasteiger partial charge is 0.141 e. The zero-order valence-electron chi connectivity index (χ0n) is 13.6. The Labute approximate surface area is 127 Å². The SMILES string of the molecule is COc1ccc(COC2CC3CCC2(C)C3(C)C)cc1N. The number of methoxy groups -OCH3 is 1. The van der Waals surface area contributed by atoms with E-state index in [4.69, 9.17) is 15.2 Å². The maximum absolute atomic E-state index is 6.29. The number of nitrogens with two attached hydrogens (primary N) is 1. The number of ether oxygens (including phenoxy) is 2. The molecule has 3 rings (SSSR count). The first kappa shape index (κ1) is 14.7. The number of hydrogen-bond acceptors (Lipinski definition) is 3. The van der Waals surface area contributed by atoms with Crippen LogP contribution in [-0.4, -0.2) is 13.2 Å². The third-order valence-electron chi connectivity index (χ3n) is 6.46. The van der Waals surface area contributed by atoms with Gasteiger partial charge in [0.05, 0.1) is 25.5 Å². The van der Waals surface area contributed by atoms with Crippen LogP contribution in [0.15, 0.2) is 18.2 Å². The van der Waals surface area contributed by atoms with Crippen molar-refractivity contribution in [3.63, 3.8) is 0 Å². The van der Waals surface area contributed by atoms with Crippen LogP contribution < -0.4 is 10.5 Å². The summed E-state index contributed by atoms with van der Waals surface area (Å²) in [6, 6.07) is 5.91. The Kier molecular flexibility index (Phi) is 3.44. The molecule has 2 aliphatic rings. The number of anilines is 1. The molecule has 0 heterocycles. The zero-order valence-corrected chi connectivity index (χ0v) is 13.6. The highest BCUT2D eigenvalue weighted by atomic mass is 16.5. The fraction of sp³-hybridized carbons (Fsp3) is 0.667. The van der Waals surface area contributed by atoms with Gasteiger partial charge in [-0.1, -0.05) is 26.8 Å². The molecular formula is C18H27NO2. The van der Waals surface area contributed by atoms with Gasteiger partial charge in [0.2, 0.25) is 0 Å². The lowest BCUT2D eigenvalue weighted by Gasteiger charge is -2.39. The number of hydrogen-bond donors (Lipinski definition) is 1. The topological polar surface area (TPSA) is 44.5 Å². The Balaban J connectivity index is 1.68. The minimum absolute atomic E-state index is 0.315. The van der Waals surface area contributed by atoms with Crippen molar-refractivity contribution in [3.8, 4) is 5.75 Å². The van der Waals surface area contributed by atoms with Crippen molar-refractivity contribution in [1.82, 2.24) is 0 Å². The summed E-state index contributed by atoms with van der Waals surface area (Å²) in [5.41, 5.74) is 8.48. The van der Waals surface area contributed by atoms with Crippen molar-refractivity contribution < 1.29 is 9.47 Å². The predicted octanol–water partition coefficient (Wildman–Crippen LogP) is 4.01. The van der Waals surface area contributed by atoms with Gasteiger partial charge in [0.15, 0.2) is 0 Å². The Bertz CT molecular complexity index is 540. The quantitative estimate of drug-likeness (QED) is 0.852. The van der Waals surface area contributed by atoms with E-state index in [1.165, 1.54) is 19.3 Å². The van der Waals surface area contributed by atoms with Gasteiger partial charge < -0.3 is 15.2 Å². The third kappa shape index (κ3) is 2.13. The molecule has 116 valence electrons. The van der Waals surface area contributed by atoms with Gasteiger partial charge in [-0.2, -0.15) is 0 Å². The van der Waals surface area contributed by atoms with E-state index in [1.807, 2.05) is 18.2 Å². The molecule has 2 fully saturated rings. The zero-order chi connectivity index (χ0) is 15.3. The van der Waals surface area contributed by atoms with Gasteiger partial charge in [0, 0.05) is 0 Å². The van der Waals surface area contributed by atoms with Crippen LogP contribution in [0.1, 0.15) is 45.6 Å². The van der Waals surface area contributed by atoms with Crippen LogP contribution >= 0.6 is 0 Å². The van der Waals surface area contributed by atoms with Crippen LogP contribution in [0.5, 0.6) is 5.75 Å². The van der Waals surface area contributed by atoms with E-state index in [-0.39, 0.29) is 0 Å². The normalized spacial score (nSPS) is 33.3. The van der Waals surface area contributed by atoms with E-state index in [0.717, 1.165) is 17.2 Å². The summed E-state index contributed by atoms with van der Waals surface area (Å²) in [6.07, 6.45) is 4.23. The Morgan fingerprint density at radius 3 is 2.57 bits per heavy atom. The minimum atomic E-state index is 0.315. The fourth-order valence-corrected chi connectivity index (χ4v) is 4.45. The molecule has 1 aromatic carbocycles. The minimum Gasteiger partial charge on any atom is -0.495 e. The van der Waals surface area contributed by atoms with E-state index in [9.17, 15) is 0 Å². The molecule has 0 saturated heterocycles. The Hall–Kier alpha value is -1.22. The standard InChI is InChI=1S/C18H27NO2/c1-17(2)13-7-8-18(17,3)16(10-13)21-11-12-5-6-15(20-4)14(19)9-12/h5-6,9,13,16H,7-8,10-11,19H2,1-4H3. The second-order valence-electron chi connectivity index (χ2n) is 7.49. The molecule has 3 unspecified atom stereocenters. The first-order chi connectivity index (χ1) is 9.88. The van der Waals surface area contributed by atoms with Gasteiger partial charge in [0.25, 0.3) is 0 Å². The second-order valence-corrected chi connectivity index (χ2v) is 7.49.